The van der Waals surface area contributed by atoms with Crippen molar-refractivity contribution in [2.45, 2.75) is 38.9 Å². The Morgan fingerprint density at radius 2 is 2.10 bits per heavy atom. The van der Waals surface area contributed by atoms with Gasteiger partial charge in [0.1, 0.15) is 11.6 Å². The lowest BCUT2D eigenvalue weighted by atomic mass is 10.2. The van der Waals surface area contributed by atoms with Crippen LogP contribution in [0, 0.1) is 0 Å². The summed E-state index contributed by atoms with van der Waals surface area (Å²) in [5.41, 5.74) is 8.24. The summed E-state index contributed by atoms with van der Waals surface area (Å²) in [7, 11) is 5.80. The predicted octanol–water partition coefficient (Wildman–Crippen LogP) is 2.40. The van der Waals surface area contributed by atoms with Gasteiger partial charge in [-0.3, -0.25) is 4.90 Å². The summed E-state index contributed by atoms with van der Waals surface area (Å²) in [5.74, 6) is 1.88. The van der Waals surface area contributed by atoms with Crippen LogP contribution < -0.4 is 10.5 Å². The second-order valence-electron chi connectivity index (χ2n) is 5.74. The number of aromatic nitrogens is 2. The van der Waals surface area contributed by atoms with Gasteiger partial charge in [0.25, 0.3) is 0 Å². The topological polar surface area (TPSA) is 56.3 Å². The van der Waals surface area contributed by atoms with Crippen molar-refractivity contribution in [3.8, 4) is 5.75 Å². The fraction of sp³-hybridized carbons (Fsp3) is 0.562. The first-order valence-corrected chi connectivity index (χ1v) is 7.44. The van der Waals surface area contributed by atoms with E-state index in [4.69, 9.17) is 15.5 Å². The average Bonchev–Trinajstić information content (AvgIpc) is 2.83. The maximum Gasteiger partial charge on any atom is 0.127 e. The average molecular weight is 290 g/mol. The molecule has 1 aromatic carbocycles. The van der Waals surface area contributed by atoms with Gasteiger partial charge in [-0.05, 0) is 39.6 Å². The Hall–Kier alpha value is -1.59. The normalized spacial score (nSPS) is 14.6. The van der Waals surface area contributed by atoms with Gasteiger partial charge in [-0.2, -0.15) is 0 Å². The molecule has 0 spiro atoms. The third kappa shape index (κ3) is 3.19. The van der Waals surface area contributed by atoms with Crippen LogP contribution in [0.2, 0.25) is 0 Å². The highest BCUT2D eigenvalue weighted by atomic mass is 16.5. The number of hydrogen-bond donors (Lipinski definition) is 1. The van der Waals surface area contributed by atoms with Crippen molar-refractivity contribution in [3.63, 3.8) is 0 Å². The van der Waals surface area contributed by atoms with E-state index in [1.807, 2.05) is 12.1 Å². The second-order valence-corrected chi connectivity index (χ2v) is 5.74. The Morgan fingerprint density at radius 3 is 2.67 bits per heavy atom. The predicted molar refractivity (Wildman–Crippen MR) is 86.7 cm³/mol. The molecule has 21 heavy (non-hydrogen) atoms. The quantitative estimate of drug-likeness (QED) is 0.887. The number of imidazole rings is 1. The summed E-state index contributed by atoms with van der Waals surface area (Å²) in [5, 5.41) is 0. The molecule has 5 heteroatoms. The third-order valence-corrected chi connectivity index (χ3v) is 4.07. The van der Waals surface area contributed by atoms with Gasteiger partial charge < -0.3 is 15.0 Å². The van der Waals surface area contributed by atoms with Crippen LogP contribution in [0.4, 0.5) is 0 Å². The van der Waals surface area contributed by atoms with E-state index in [1.165, 1.54) is 0 Å². The molecule has 2 N–H and O–H groups in total. The molecule has 0 saturated heterocycles. The molecule has 0 aliphatic heterocycles. The molecular weight excluding hydrogens is 264 g/mol. The molecule has 2 aromatic rings. The van der Waals surface area contributed by atoms with Crippen LogP contribution in [0.15, 0.2) is 18.2 Å². The number of methoxy groups -OCH3 is 1. The van der Waals surface area contributed by atoms with Gasteiger partial charge in [-0.15, -0.1) is 0 Å². The van der Waals surface area contributed by atoms with Gasteiger partial charge in [-0.25, -0.2) is 4.98 Å². The Kier molecular flexibility index (Phi) is 4.85. The molecule has 0 saturated carbocycles. The monoisotopic (exact) mass is 290 g/mol. The van der Waals surface area contributed by atoms with Crippen LogP contribution in [-0.4, -0.2) is 41.7 Å². The summed E-state index contributed by atoms with van der Waals surface area (Å²) >= 11 is 0. The molecule has 1 heterocycles. The van der Waals surface area contributed by atoms with Crippen LogP contribution in [-0.2, 0) is 6.54 Å². The third-order valence-electron chi connectivity index (χ3n) is 4.07. The Labute approximate surface area is 126 Å². The summed E-state index contributed by atoms with van der Waals surface area (Å²) in [6.07, 6.45) is 0.950. The van der Waals surface area contributed by atoms with Crippen molar-refractivity contribution < 1.29 is 4.74 Å². The van der Waals surface area contributed by atoms with Gasteiger partial charge in [0.2, 0.25) is 0 Å². The lowest BCUT2D eigenvalue weighted by Crippen LogP contribution is -2.28. The minimum absolute atomic E-state index is 0.137. The highest BCUT2D eigenvalue weighted by Crippen LogP contribution is 2.26. The van der Waals surface area contributed by atoms with Crippen molar-refractivity contribution >= 4 is 11.0 Å². The lowest BCUT2D eigenvalue weighted by molar-refractivity contribution is 0.299. The molecule has 0 bridgehead atoms. The number of fused-ring (bicyclic) bond motifs is 1. The smallest absolute Gasteiger partial charge is 0.127 e. The number of benzene rings is 1. The van der Waals surface area contributed by atoms with E-state index in [2.05, 4.69) is 43.5 Å². The fourth-order valence-electron chi connectivity index (χ4n) is 2.36. The van der Waals surface area contributed by atoms with E-state index >= 15 is 0 Å². The number of nitrogens with zero attached hydrogens (tertiary/aromatic N) is 3. The van der Waals surface area contributed by atoms with E-state index < -0.39 is 0 Å². The number of nitrogens with two attached hydrogens (primary N) is 1. The highest BCUT2D eigenvalue weighted by molar-refractivity contribution is 5.78. The SMILES string of the molecule is CCC(N)Cn1c(C(C)N(C)C)nc2cc(OC)ccc21. The molecule has 2 atom stereocenters. The maximum absolute atomic E-state index is 6.17. The van der Waals surface area contributed by atoms with Crippen molar-refractivity contribution in [1.29, 1.82) is 0 Å². The van der Waals surface area contributed by atoms with E-state index in [1.54, 1.807) is 7.11 Å². The lowest BCUT2D eigenvalue weighted by Gasteiger charge is -2.22. The number of rotatable bonds is 6. The van der Waals surface area contributed by atoms with E-state index in [0.29, 0.717) is 0 Å². The molecular formula is C16H26N4O. The zero-order valence-electron chi connectivity index (χ0n) is 13.6. The van der Waals surface area contributed by atoms with Crippen molar-refractivity contribution in [2.75, 3.05) is 21.2 Å². The zero-order valence-corrected chi connectivity index (χ0v) is 13.6. The second kappa shape index (κ2) is 6.45. The largest absolute Gasteiger partial charge is 0.497 e. The first-order valence-electron chi connectivity index (χ1n) is 7.44. The molecule has 2 unspecified atom stereocenters. The summed E-state index contributed by atoms with van der Waals surface area (Å²) < 4.78 is 7.54. The molecule has 0 amide bonds. The Bertz CT molecular complexity index is 606. The first-order chi connectivity index (χ1) is 9.97. The number of hydrogen-bond acceptors (Lipinski definition) is 4. The van der Waals surface area contributed by atoms with E-state index in [9.17, 15) is 0 Å². The van der Waals surface area contributed by atoms with Crippen molar-refractivity contribution in [1.82, 2.24) is 14.5 Å². The summed E-state index contributed by atoms with van der Waals surface area (Å²) in [4.78, 5) is 6.97. The van der Waals surface area contributed by atoms with E-state index in [-0.39, 0.29) is 12.1 Å². The number of ether oxygens (including phenoxy) is 1. The van der Waals surface area contributed by atoms with Crippen LogP contribution in [0.25, 0.3) is 11.0 Å². The molecule has 0 fully saturated rings. The minimum atomic E-state index is 0.137. The Balaban J connectivity index is 2.55. The molecule has 0 radical (unpaired) electrons. The van der Waals surface area contributed by atoms with Crippen molar-refractivity contribution in [3.05, 3.63) is 24.0 Å². The van der Waals surface area contributed by atoms with Gasteiger partial charge in [0, 0.05) is 18.7 Å². The molecule has 5 nitrogen and oxygen atoms in total. The molecule has 1 aromatic heterocycles. The standard InChI is InChI=1S/C16H26N4O/c1-6-12(17)10-20-15-8-7-13(21-5)9-14(15)18-16(20)11(2)19(3)4/h7-9,11-12H,6,10,17H2,1-5H3. The minimum Gasteiger partial charge on any atom is -0.497 e. The van der Waals surface area contributed by atoms with Gasteiger partial charge in [0.05, 0.1) is 24.2 Å². The summed E-state index contributed by atoms with van der Waals surface area (Å²) in [6.45, 7) is 5.06. The first kappa shape index (κ1) is 15.8. The maximum atomic E-state index is 6.17. The van der Waals surface area contributed by atoms with Gasteiger partial charge in [-0.1, -0.05) is 6.92 Å². The fourth-order valence-corrected chi connectivity index (χ4v) is 2.36. The highest BCUT2D eigenvalue weighted by Gasteiger charge is 2.19. The molecule has 116 valence electrons. The van der Waals surface area contributed by atoms with Gasteiger partial charge >= 0.3 is 0 Å². The van der Waals surface area contributed by atoms with Crippen LogP contribution in [0.5, 0.6) is 5.75 Å². The van der Waals surface area contributed by atoms with Crippen LogP contribution in [0.1, 0.15) is 32.1 Å². The molecule has 2 rings (SSSR count). The summed E-state index contributed by atoms with van der Waals surface area (Å²) in [6, 6.07) is 6.39. The van der Waals surface area contributed by atoms with Crippen LogP contribution in [0.3, 0.4) is 0 Å². The zero-order chi connectivity index (χ0) is 15.6. The Morgan fingerprint density at radius 1 is 1.38 bits per heavy atom. The van der Waals surface area contributed by atoms with E-state index in [0.717, 1.165) is 35.6 Å². The molecule has 0 aliphatic carbocycles. The van der Waals surface area contributed by atoms with Crippen molar-refractivity contribution in [2.24, 2.45) is 5.73 Å². The molecule has 0 aliphatic rings. The van der Waals surface area contributed by atoms with Crippen LogP contribution >= 0.6 is 0 Å². The van der Waals surface area contributed by atoms with Gasteiger partial charge in [0.15, 0.2) is 0 Å².